The zero-order chi connectivity index (χ0) is 14.2. The molecule has 0 aromatic carbocycles. The third-order valence-electron chi connectivity index (χ3n) is 2.69. The second-order valence-corrected chi connectivity index (χ2v) is 7.62. The lowest BCUT2D eigenvalue weighted by Gasteiger charge is -2.14. The maximum Gasteiger partial charge on any atom is 0.233 e. The molecule has 1 amide bonds. The van der Waals surface area contributed by atoms with Crippen molar-refractivity contribution in [3.05, 3.63) is 16.9 Å². The Morgan fingerprint density at radius 2 is 2.16 bits per heavy atom. The molecule has 1 aromatic rings. The third kappa shape index (κ3) is 3.77. The molecule has 2 heterocycles. The Kier molecular flexibility index (Phi) is 3.98. The quantitative estimate of drug-likeness (QED) is 0.619. The van der Waals surface area contributed by atoms with E-state index in [1.807, 2.05) is 0 Å². The number of hydrogen-bond acceptors (Lipinski definition) is 5. The van der Waals surface area contributed by atoms with Crippen LogP contribution in [0.25, 0.3) is 0 Å². The SMILES string of the molecule is Cc1cc(Cl)nc(N2CC(CS(=O)(=O)Cl)CC2=O)n1. The predicted molar refractivity (Wildman–Crippen MR) is 71.9 cm³/mol. The molecule has 1 saturated heterocycles. The number of hydrogen-bond donors (Lipinski definition) is 0. The summed E-state index contributed by atoms with van der Waals surface area (Å²) in [7, 11) is 1.57. The molecule has 1 aliphatic rings. The summed E-state index contributed by atoms with van der Waals surface area (Å²) in [5.41, 5.74) is 0.635. The highest BCUT2D eigenvalue weighted by Crippen LogP contribution is 2.25. The first kappa shape index (κ1) is 14.5. The lowest BCUT2D eigenvalue weighted by atomic mass is 10.1. The van der Waals surface area contributed by atoms with Crippen LogP contribution in [0, 0.1) is 12.8 Å². The normalized spacial score (nSPS) is 20.1. The minimum absolute atomic E-state index is 0.112. The number of halogens is 2. The second kappa shape index (κ2) is 5.22. The Morgan fingerprint density at radius 3 is 2.74 bits per heavy atom. The van der Waals surface area contributed by atoms with Gasteiger partial charge in [0.2, 0.25) is 20.9 Å². The van der Waals surface area contributed by atoms with Crippen molar-refractivity contribution in [2.75, 3.05) is 17.2 Å². The van der Waals surface area contributed by atoms with Gasteiger partial charge in [-0.15, -0.1) is 0 Å². The highest BCUT2D eigenvalue weighted by molar-refractivity contribution is 8.13. The summed E-state index contributed by atoms with van der Waals surface area (Å²) in [6, 6.07) is 1.58. The number of amides is 1. The summed E-state index contributed by atoms with van der Waals surface area (Å²) >= 11 is 5.81. The number of aryl methyl sites for hydroxylation is 1. The maximum atomic E-state index is 11.9. The van der Waals surface area contributed by atoms with Crippen LogP contribution in [0.15, 0.2) is 6.07 Å². The smallest absolute Gasteiger partial charge is 0.233 e. The average molecular weight is 324 g/mol. The molecule has 1 aliphatic heterocycles. The van der Waals surface area contributed by atoms with Crippen molar-refractivity contribution in [2.45, 2.75) is 13.3 Å². The van der Waals surface area contributed by atoms with Crippen molar-refractivity contribution in [2.24, 2.45) is 5.92 Å². The Balaban J connectivity index is 2.20. The van der Waals surface area contributed by atoms with E-state index in [0.717, 1.165) is 0 Å². The van der Waals surface area contributed by atoms with Crippen molar-refractivity contribution in [3.8, 4) is 0 Å². The Hall–Kier alpha value is -0.920. The van der Waals surface area contributed by atoms with Crippen LogP contribution in [0.3, 0.4) is 0 Å². The van der Waals surface area contributed by atoms with E-state index in [2.05, 4.69) is 9.97 Å². The number of anilines is 1. The predicted octanol–water partition coefficient (Wildman–Crippen LogP) is 1.36. The molecule has 19 heavy (non-hydrogen) atoms. The van der Waals surface area contributed by atoms with Crippen molar-refractivity contribution < 1.29 is 13.2 Å². The van der Waals surface area contributed by atoms with Gasteiger partial charge in [0, 0.05) is 35.3 Å². The fourth-order valence-corrected chi connectivity index (χ4v) is 3.56. The van der Waals surface area contributed by atoms with Gasteiger partial charge in [0.15, 0.2) is 0 Å². The number of aromatic nitrogens is 2. The largest absolute Gasteiger partial charge is 0.280 e. The van der Waals surface area contributed by atoms with E-state index in [0.29, 0.717) is 5.69 Å². The summed E-state index contributed by atoms with van der Waals surface area (Å²) in [5, 5.41) is 0.240. The summed E-state index contributed by atoms with van der Waals surface area (Å²) in [4.78, 5) is 21.3. The molecule has 9 heteroatoms. The maximum absolute atomic E-state index is 11.9. The summed E-state index contributed by atoms with van der Waals surface area (Å²) in [6.45, 7) is 1.96. The van der Waals surface area contributed by atoms with E-state index < -0.39 is 9.05 Å². The summed E-state index contributed by atoms with van der Waals surface area (Å²) in [6.07, 6.45) is 0.112. The van der Waals surface area contributed by atoms with E-state index >= 15 is 0 Å². The zero-order valence-electron chi connectivity index (χ0n) is 10.0. The zero-order valence-corrected chi connectivity index (χ0v) is 12.3. The van der Waals surface area contributed by atoms with Gasteiger partial charge in [-0.1, -0.05) is 11.6 Å². The number of carbonyl (C=O) groups is 1. The molecule has 0 aliphatic carbocycles. The van der Waals surface area contributed by atoms with Gasteiger partial charge in [-0.05, 0) is 13.0 Å². The third-order valence-corrected chi connectivity index (χ3v) is 4.13. The number of rotatable bonds is 3. The molecule has 0 saturated carbocycles. The van der Waals surface area contributed by atoms with E-state index in [1.54, 1.807) is 13.0 Å². The van der Waals surface area contributed by atoms with Gasteiger partial charge in [-0.25, -0.2) is 18.4 Å². The van der Waals surface area contributed by atoms with Gasteiger partial charge >= 0.3 is 0 Å². The lowest BCUT2D eigenvalue weighted by molar-refractivity contribution is -0.117. The summed E-state index contributed by atoms with van der Waals surface area (Å²) in [5.74, 6) is -0.620. The first-order chi connectivity index (χ1) is 8.74. The second-order valence-electron chi connectivity index (χ2n) is 4.41. The van der Waals surface area contributed by atoms with Crippen molar-refractivity contribution in [3.63, 3.8) is 0 Å². The molecular weight excluding hydrogens is 313 g/mol. The molecular formula is C10H11Cl2N3O3S. The van der Waals surface area contributed by atoms with Gasteiger partial charge in [0.05, 0.1) is 5.75 Å². The fraction of sp³-hybridized carbons (Fsp3) is 0.500. The van der Waals surface area contributed by atoms with Crippen LogP contribution in [0.1, 0.15) is 12.1 Å². The molecule has 1 atom stereocenters. The van der Waals surface area contributed by atoms with Crippen LogP contribution < -0.4 is 4.90 Å². The Morgan fingerprint density at radius 1 is 1.47 bits per heavy atom. The highest BCUT2D eigenvalue weighted by Gasteiger charge is 2.34. The lowest BCUT2D eigenvalue weighted by Crippen LogP contribution is -2.27. The fourth-order valence-electron chi connectivity index (χ4n) is 2.00. The molecule has 1 fully saturated rings. The topological polar surface area (TPSA) is 80.2 Å². The first-order valence-electron chi connectivity index (χ1n) is 5.48. The minimum atomic E-state index is -3.63. The van der Waals surface area contributed by atoms with Crippen LogP contribution in [-0.2, 0) is 13.8 Å². The Bertz CT molecular complexity index is 600. The monoisotopic (exact) mass is 323 g/mol. The van der Waals surface area contributed by atoms with Crippen LogP contribution in [0.4, 0.5) is 5.95 Å². The number of carbonyl (C=O) groups excluding carboxylic acids is 1. The number of nitrogens with zero attached hydrogens (tertiary/aromatic N) is 3. The van der Waals surface area contributed by atoms with E-state index in [-0.39, 0.29) is 41.6 Å². The molecule has 1 aromatic heterocycles. The molecule has 6 nitrogen and oxygen atoms in total. The van der Waals surface area contributed by atoms with Gasteiger partial charge in [0.25, 0.3) is 0 Å². The molecule has 0 bridgehead atoms. The van der Waals surface area contributed by atoms with Crippen LogP contribution in [0.5, 0.6) is 0 Å². The van der Waals surface area contributed by atoms with E-state index in [9.17, 15) is 13.2 Å². The van der Waals surface area contributed by atoms with Gasteiger partial charge < -0.3 is 0 Å². The average Bonchev–Trinajstić information content (AvgIpc) is 2.54. The molecule has 0 radical (unpaired) electrons. The van der Waals surface area contributed by atoms with E-state index in [4.69, 9.17) is 22.3 Å². The van der Waals surface area contributed by atoms with Crippen molar-refractivity contribution in [1.82, 2.24) is 9.97 Å². The van der Waals surface area contributed by atoms with Crippen LogP contribution >= 0.6 is 22.3 Å². The standard InChI is InChI=1S/C10H11Cl2N3O3S/c1-6-2-8(11)14-10(13-6)15-4-7(3-9(15)16)5-19(12,17)18/h2,7H,3-5H2,1H3. The minimum Gasteiger partial charge on any atom is -0.280 e. The van der Waals surface area contributed by atoms with Gasteiger partial charge in [-0.2, -0.15) is 0 Å². The van der Waals surface area contributed by atoms with Gasteiger partial charge in [0.1, 0.15) is 5.15 Å². The van der Waals surface area contributed by atoms with Crippen LogP contribution in [-0.4, -0.2) is 36.6 Å². The summed E-state index contributed by atoms with van der Waals surface area (Å²) < 4.78 is 22.1. The molecule has 1 unspecified atom stereocenters. The Labute approximate surface area is 120 Å². The van der Waals surface area contributed by atoms with Gasteiger partial charge in [-0.3, -0.25) is 9.69 Å². The van der Waals surface area contributed by atoms with Crippen molar-refractivity contribution in [1.29, 1.82) is 0 Å². The molecule has 2 rings (SSSR count). The highest BCUT2D eigenvalue weighted by atomic mass is 35.7. The first-order valence-corrected chi connectivity index (χ1v) is 8.34. The molecule has 104 valence electrons. The molecule has 0 N–H and O–H groups in total. The molecule has 0 spiro atoms. The van der Waals surface area contributed by atoms with Crippen LogP contribution in [0.2, 0.25) is 5.15 Å². The van der Waals surface area contributed by atoms with E-state index in [1.165, 1.54) is 4.90 Å². The van der Waals surface area contributed by atoms with Crippen molar-refractivity contribution >= 4 is 43.2 Å².